The van der Waals surface area contributed by atoms with E-state index in [0.29, 0.717) is 0 Å². The molecule has 0 atom stereocenters. The van der Waals surface area contributed by atoms with Crippen LogP contribution in [0.15, 0.2) is 30.5 Å². The topological polar surface area (TPSA) is 90.1 Å². The van der Waals surface area contributed by atoms with Gasteiger partial charge < -0.3 is 5.32 Å². The number of nitrogens with zero attached hydrogens (tertiary/aromatic N) is 3. The number of benzene rings is 1. The van der Waals surface area contributed by atoms with Crippen LogP contribution in [-0.4, -0.2) is 20.6 Å². The molecule has 0 bridgehead atoms. The van der Waals surface area contributed by atoms with Crippen LogP contribution in [0.25, 0.3) is 0 Å². The highest BCUT2D eigenvalue weighted by molar-refractivity contribution is 5.98. The highest BCUT2D eigenvalue weighted by Crippen LogP contribution is 2.19. The summed E-state index contributed by atoms with van der Waals surface area (Å²) in [6.45, 7) is 0.142. The van der Waals surface area contributed by atoms with Crippen LogP contribution < -0.4 is 5.32 Å². The first kappa shape index (κ1) is 13.7. The fraction of sp³-hybridized carbons (Fsp3) is 0.167. The number of halogens is 1. The van der Waals surface area contributed by atoms with E-state index in [1.54, 1.807) is 24.0 Å². The van der Waals surface area contributed by atoms with Gasteiger partial charge in [0.1, 0.15) is 11.4 Å². The molecule has 2 rings (SSSR count). The van der Waals surface area contributed by atoms with Crippen LogP contribution in [0, 0.1) is 15.9 Å². The van der Waals surface area contributed by atoms with E-state index in [1.165, 1.54) is 0 Å². The van der Waals surface area contributed by atoms with Crippen molar-refractivity contribution < 1.29 is 14.1 Å². The van der Waals surface area contributed by atoms with Gasteiger partial charge in [0.2, 0.25) is 0 Å². The minimum Gasteiger partial charge on any atom is -0.346 e. The van der Waals surface area contributed by atoms with Crippen molar-refractivity contribution in [2.24, 2.45) is 7.05 Å². The van der Waals surface area contributed by atoms with Crippen molar-refractivity contribution in [3.05, 3.63) is 57.7 Å². The maximum atomic E-state index is 13.1. The highest BCUT2D eigenvalue weighted by Gasteiger charge is 2.20. The molecular weight excluding hydrogens is 267 g/mol. The number of nitro benzene ring substituents is 1. The molecule has 0 aliphatic heterocycles. The molecule has 1 aromatic heterocycles. The van der Waals surface area contributed by atoms with Crippen LogP contribution >= 0.6 is 0 Å². The summed E-state index contributed by atoms with van der Waals surface area (Å²) >= 11 is 0. The van der Waals surface area contributed by atoms with Gasteiger partial charge in [0.25, 0.3) is 11.6 Å². The Balaban J connectivity index is 2.19. The Bertz CT molecular complexity index is 668. The molecule has 20 heavy (non-hydrogen) atoms. The van der Waals surface area contributed by atoms with Crippen LogP contribution in [0.4, 0.5) is 10.1 Å². The number of rotatable bonds is 4. The molecule has 0 saturated heterocycles. The molecule has 1 amide bonds. The number of aryl methyl sites for hydroxylation is 1. The SMILES string of the molecule is Cn1nccc1CNC(=O)c1cc(F)ccc1[N+](=O)[O-]. The minimum atomic E-state index is -0.724. The number of nitro groups is 1. The number of hydrogen-bond donors (Lipinski definition) is 1. The molecule has 1 N–H and O–H groups in total. The summed E-state index contributed by atoms with van der Waals surface area (Å²) in [5.74, 6) is -1.42. The summed E-state index contributed by atoms with van der Waals surface area (Å²) in [5, 5.41) is 17.2. The van der Waals surface area contributed by atoms with Crippen molar-refractivity contribution in [1.82, 2.24) is 15.1 Å². The lowest BCUT2D eigenvalue weighted by atomic mass is 10.1. The van der Waals surface area contributed by atoms with Gasteiger partial charge in [0.15, 0.2) is 0 Å². The van der Waals surface area contributed by atoms with E-state index < -0.39 is 22.3 Å². The Labute approximate surface area is 113 Å². The van der Waals surface area contributed by atoms with E-state index in [2.05, 4.69) is 10.4 Å². The average molecular weight is 278 g/mol. The smallest absolute Gasteiger partial charge is 0.282 e. The lowest BCUT2D eigenvalue weighted by molar-refractivity contribution is -0.385. The summed E-state index contributed by atoms with van der Waals surface area (Å²) < 4.78 is 14.7. The molecule has 104 valence electrons. The Morgan fingerprint density at radius 1 is 1.50 bits per heavy atom. The molecule has 1 heterocycles. The van der Waals surface area contributed by atoms with Crippen molar-refractivity contribution in [2.45, 2.75) is 6.54 Å². The molecule has 0 fully saturated rings. The van der Waals surface area contributed by atoms with Crippen LogP contribution in [0.2, 0.25) is 0 Å². The van der Waals surface area contributed by atoms with Gasteiger partial charge in [-0.25, -0.2) is 4.39 Å². The van der Waals surface area contributed by atoms with E-state index >= 15 is 0 Å². The normalized spacial score (nSPS) is 10.3. The molecule has 0 aliphatic carbocycles. The second-order valence-electron chi connectivity index (χ2n) is 4.05. The summed E-state index contributed by atoms with van der Waals surface area (Å²) in [6.07, 6.45) is 1.56. The van der Waals surface area contributed by atoms with Crippen LogP contribution in [0.1, 0.15) is 16.1 Å². The molecule has 0 saturated carbocycles. The predicted octanol–water partition coefficient (Wildman–Crippen LogP) is 1.40. The van der Waals surface area contributed by atoms with Crippen molar-refractivity contribution in [1.29, 1.82) is 0 Å². The summed E-state index contributed by atoms with van der Waals surface area (Å²) in [6, 6.07) is 4.45. The zero-order valence-corrected chi connectivity index (χ0v) is 10.5. The zero-order chi connectivity index (χ0) is 14.7. The van der Waals surface area contributed by atoms with Crippen LogP contribution in [0.3, 0.4) is 0 Å². The lowest BCUT2D eigenvalue weighted by Crippen LogP contribution is -2.25. The molecule has 0 radical (unpaired) electrons. The minimum absolute atomic E-state index is 0.142. The fourth-order valence-electron chi connectivity index (χ4n) is 1.69. The fourth-order valence-corrected chi connectivity index (χ4v) is 1.69. The molecule has 7 nitrogen and oxygen atoms in total. The molecular formula is C12H11FN4O3. The summed E-state index contributed by atoms with van der Waals surface area (Å²) in [5.41, 5.74) is -0.0246. The maximum Gasteiger partial charge on any atom is 0.282 e. The first-order valence-corrected chi connectivity index (χ1v) is 5.68. The quantitative estimate of drug-likeness (QED) is 0.676. The van der Waals surface area contributed by atoms with Gasteiger partial charge in [-0.15, -0.1) is 0 Å². The molecule has 0 aliphatic rings. The van der Waals surface area contributed by atoms with Gasteiger partial charge in [-0.3, -0.25) is 19.6 Å². The molecule has 0 unspecified atom stereocenters. The number of aromatic nitrogens is 2. The largest absolute Gasteiger partial charge is 0.346 e. The van der Waals surface area contributed by atoms with Crippen LogP contribution in [-0.2, 0) is 13.6 Å². The first-order chi connectivity index (χ1) is 9.49. The zero-order valence-electron chi connectivity index (χ0n) is 10.5. The molecule has 2 aromatic rings. The van der Waals surface area contributed by atoms with Crippen molar-refractivity contribution in [3.63, 3.8) is 0 Å². The van der Waals surface area contributed by atoms with Crippen LogP contribution in [0.5, 0.6) is 0 Å². The number of carbonyl (C=O) groups excluding carboxylic acids is 1. The monoisotopic (exact) mass is 278 g/mol. The second kappa shape index (κ2) is 5.47. The average Bonchev–Trinajstić information content (AvgIpc) is 2.81. The Hall–Kier alpha value is -2.77. The standard InChI is InChI=1S/C12H11FN4O3/c1-16-9(4-5-15-16)7-14-12(18)10-6-8(13)2-3-11(10)17(19)20/h2-6H,7H2,1H3,(H,14,18). The van der Waals surface area contributed by atoms with E-state index in [1.807, 2.05) is 0 Å². The number of amides is 1. The molecule has 8 heteroatoms. The lowest BCUT2D eigenvalue weighted by Gasteiger charge is -2.06. The third-order valence-corrected chi connectivity index (χ3v) is 2.75. The Kier molecular flexibility index (Phi) is 3.74. The highest BCUT2D eigenvalue weighted by atomic mass is 19.1. The second-order valence-corrected chi connectivity index (χ2v) is 4.05. The van der Waals surface area contributed by atoms with Crippen molar-refractivity contribution in [2.75, 3.05) is 0 Å². The Morgan fingerprint density at radius 2 is 2.25 bits per heavy atom. The number of carbonyl (C=O) groups is 1. The predicted molar refractivity (Wildman–Crippen MR) is 67.4 cm³/mol. The van der Waals surface area contributed by atoms with Gasteiger partial charge in [0, 0.05) is 19.3 Å². The van der Waals surface area contributed by atoms with Gasteiger partial charge in [-0.05, 0) is 18.2 Å². The summed E-state index contributed by atoms with van der Waals surface area (Å²) in [7, 11) is 1.70. The number of hydrogen-bond acceptors (Lipinski definition) is 4. The van der Waals surface area contributed by atoms with Crippen molar-refractivity contribution in [3.8, 4) is 0 Å². The van der Waals surface area contributed by atoms with Crippen molar-refractivity contribution >= 4 is 11.6 Å². The van der Waals surface area contributed by atoms with E-state index in [9.17, 15) is 19.3 Å². The Morgan fingerprint density at radius 3 is 2.85 bits per heavy atom. The third kappa shape index (κ3) is 2.79. The van der Waals surface area contributed by atoms with Gasteiger partial charge in [-0.1, -0.05) is 0 Å². The van der Waals surface area contributed by atoms with E-state index in [4.69, 9.17) is 0 Å². The van der Waals surface area contributed by atoms with E-state index in [-0.39, 0.29) is 12.1 Å². The first-order valence-electron chi connectivity index (χ1n) is 5.68. The summed E-state index contributed by atoms with van der Waals surface area (Å²) in [4.78, 5) is 22.0. The molecule has 0 spiro atoms. The van der Waals surface area contributed by atoms with Gasteiger partial charge in [-0.2, -0.15) is 5.10 Å². The number of nitrogens with one attached hydrogen (secondary N) is 1. The van der Waals surface area contributed by atoms with Gasteiger partial charge in [0.05, 0.1) is 17.2 Å². The van der Waals surface area contributed by atoms with Gasteiger partial charge >= 0.3 is 0 Å². The maximum absolute atomic E-state index is 13.1. The third-order valence-electron chi connectivity index (χ3n) is 2.75. The van der Waals surface area contributed by atoms with E-state index in [0.717, 1.165) is 23.9 Å². The molecule has 1 aromatic carbocycles.